The third kappa shape index (κ3) is 5.35. The van der Waals surface area contributed by atoms with Crippen molar-refractivity contribution in [3.8, 4) is 0 Å². The number of nitrogens with one attached hydrogen (secondary N) is 2. The quantitative estimate of drug-likeness (QED) is 0.222. The van der Waals surface area contributed by atoms with Gasteiger partial charge < -0.3 is 15.4 Å². The minimum atomic E-state index is -0.469. The van der Waals surface area contributed by atoms with Gasteiger partial charge in [-0.2, -0.15) is 5.10 Å². The lowest BCUT2D eigenvalue weighted by atomic mass is 10.2. The molecule has 1 amide bonds. The molecule has 0 bridgehead atoms. The minimum Gasteiger partial charge on any atom is -0.383 e. The van der Waals surface area contributed by atoms with E-state index in [4.69, 9.17) is 4.74 Å². The van der Waals surface area contributed by atoms with E-state index >= 15 is 0 Å². The zero-order valence-electron chi connectivity index (χ0n) is 16.3. The summed E-state index contributed by atoms with van der Waals surface area (Å²) in [5.74, 6) is 0.403. The maximum absolute atomic E-state index is 12.0. The van der Waals surface area contributed by atoms with Crippen LogP contribution < -0.4 is 10.6 Å². The van der Waals surface area contributed by atoms with Crippen LogP contribution in [-0.2, 0) is 16.1 Å². The molecule has 156 valence electrons. The van der Waals surface area contributed by atoms with Crippen LogP contribution in [0.15, 0.2) is 42.9 Å². The maximum Gasteiger partial charge on any atom is 0.269 e. The lowest BCUT2D eigenvalue weighted by Gasteiger charge is -2.06. The summed E-state index contributed by atoms with van der Waals surface area (Å²) in [6.07, 6.45) is 6.11. The van der Waals surface area contributed by atoms with Gasteiger partial charge in [0.25, 0.3) is 5.69 Å². The number of hydrogen-bond donors (Lipinski definition) is 2. The van der Waals surface area contributed by atoms with Gasteiger partial charge >= 0.3 is 0 Å². The molecule has 0 aliphatic rings. The van der Waals surface area contributed by atoms with Crippen LogP contribution in [0.3, 0.4) is 0 Å². The number of anilines is 1. The summed E-state index contributed by atoms with van der Waals surface area (Å²) in [7, 11) is 1.63. The Bertz CT molecular complexity index is 1050. The number of ether oxygens (including phenoxy) is 1. The fourth-order valence-electron chi connectivity index (χ4n) is 2.69. The fourth-order valence-corrected chi connectivity index (χ4v) is 2.69. The van der Waals surface area contributed by atoms with Gasteiger partial charge in [-0.25, -0.2) is 14.6 Å². The van der Waals surface area contributed by atoms with Gasteiger partial charge in [0.05, 0.1) is 29.7 Å². The zero-order valence-corrected chi connectivity index (χ0v) is 16.3. The van der Waals surface area contributed by atoms with Gasteiger partial charge in [0, 0.05) is 38.4 Å². The number of benzene rings is 1. The summed E-state index contributed by atoms with van der Waals surface area (Å²) in [5.41, 5.74) is 1.36. The number of carbonyl (C=O) groups excluding carboxylic acids is 1. The normalized spacial score (nSPS) is 11.1. The molecule has 3 rings (SSSR count). The van der Waals surface area contributed by atoms with Crippen molar-refractivity contribution in [2.45, 2.75) is 6.54 Å². The van der Waals surface area contributed by atoms with Crippen molar-refractivity contribution in [2.75, 3.05) is 32.1 Å². The Hall–Kier alpha value is -3.86. The molecule has 3 aromatic rings. The molecule has 30 heavy (non-hydrogen) atoms. The molecule has 0 spiro atoms. The number of nitro benzene ring substituents is 1. The number of aromatic nitrogens is 4. The number of nitrogens with zero attached hydrogens (tertiary/aromatic N) is 5. The Kier molecular flexibility index (Phi) is 7.00. The lowest BCUT2D eigenvalue weighted by molar-refractivity contribution is -0.384. The average Bonchev–Trinajstić information content (AvgIpc) is 3.17. The van der Waals surface area contributed by atoms with E-state index in [1.54, 1.807) is 36.2 Å². The highest BCUT2D eigenvalue weighted by molar-refractivity contribution is 5.91. The van der Waals surface area contributed by atoms with Crippen LogP contribution in [0.4, 0.5) is 11.5 Å². The second-order valence-corrected chi connectivity index (χ2v) is 6.22. The van der Waals surface area contributed by atoms with Gasteiger partial charge in [0.2, 0.25) is 5.91 Å². The Labute approximate surface area is 171 Å². The van der Waals surface area contributed by atoms with Gasteiger partial charge in [-0.1, -0.05) is 0 Å². The number of fused-ring (bicyclic) bond motifs is 1. The molecule has 0 atom stereocenters. The molecule has 1 aromatic carbocycles. The predicted molar refractivity (Wildman–Crippen MR) is 111 cm³/mol. The first kappa shape index (κ1) is 20.9. The molecule has 0 aliphatic heterocycles. The molecular formula is C19H21N7O4. The molecule has 2 heterocycles. The van der Waals surface area contributed by atoms with Gasteiger partial charge in [0.15, 0.2) is 5.65 Å². The molecule has 0 fully saturated rings. The van der Waals surface area contributed by atoms with Crippen LogP contribution in [0, 0.1) is 10.1 Å². The molecule has 11 heteroatoms. The van der Waals surface area contributed by atoms with Gasteiger partial charge in [-0.05, 0) is 23.8 Å². The number of methoxy groups -OCH3 is 1. The smallest absolute Gasteiger partial charge is 0.269 e. The van der Waals surface area contributed by atoms with E-state index in [-0.39, 0.29) is 11.6 Å². The summed E-state index contributed by atoms with van der Waals surface area (Å²) < 4.78 is 6.71. The van der Waals surface area contributed by atoms with Crippen LogP contribution in [-0.4, -0.2) is 57.4 Å². The van der Waals surface area contributed by atoms with Crippen molar-refractivity contribution in [3.63, 3.8) is 0 Å². The van der Waals surface area contributed by atoms with Crippen molar-refractivity contribution >= 4 is 34.5 Å². The third-order valence-corrected chi connectivity index (χ3v) is 4.19. The number of hydrogen-bond acceptors (Lipinski definition) is 8. The average molecular weight is 411 g/mol. The largest absolute Gasteiger partial charge is 0.383 e. The highest BCUT2D eigenvalue weighted by Crippen LogP contribution is 2.18. The molecule has 0 radical (unpaired) electrons. The predicted octanol–water partition coefficient (Wildman–Crippen LogP) is 1.62. The number of rotatable bonds is 10. The Morgan fingerprint density at radius 3 is 2.80 bits per heavy atom. The van der Waals surface area contributed by atoms with Crippen LogP contribution in [0.25, 0.3) is 17.1 Å². The van der Waals surface area contributed by atoms with E-state index in [9.17, 15) is 14.9 Å². The van der Waals surface area contributed by atoms with Gasteiger partial charge in [-0.15, -0.1) is 0 Å². The van der Waals surface area contributed by atoms with E-state index in [1.807, 2.05) is 0 Å². The molecule has 0 saturated heterocycles. The SMILES string of the molecule is COCCNc1ncnc2c1cnn2CCNC(=O)/C=C/c1ccc([N+](=O)[O-])cc1. The summed E-state index contributed by atoms with van der Waals surface area (Å²) in [5, 5.41) is 21.7. The lowest BCUT2D eigenvalue weighted by Crippen LogP contribution is -2.25. The number of nitro groups is 1. The van der Waals surface area contributed by atoms with Crippen molar-refractivity contribution in [3.05, 3.63) is 58.5 Å². The van der Waals surface area contributed by atoms with E-state index in [2.05, 4.69) is 25.7 Å². The van der Waals surface area contributed by atoms with Crippen molar-refractivity contribution < 1.29 is 14.5 Å². The summed E-state index contributed by atoms with van der Waals surface area (Å²) in [6.45, 7) is 1.97. The highest BCUT2D eigenvalue weighted by Gasteiger charge is 2.09. The van der Waals surface area contributed by atoms with E-state index in [0.717, 1.165) is 5.39 Å². The minimum absolute atomic E-state index is 0.00362. The topological polar surface area (TPSA) is 137 Å². The molecule has 0 unspecified atom stereocenters. The molecule has 2 aromatic heterocycles. The second kappa shape index (κ2) is 10.1. The van der Waals surface area contributed by atoms with Crippen LogP contribution >= 0.6 is 0 Å². The summed E-state index contributed by atoms with van der Waals surface area (Å²) in [6, 6.07) is 5.94. The Balaban J connectivity index is 1.53. The molecule has 2 N–H and O–H groups in total. The zero-order chi connectivity index (χ0) is 21.3. The van der Waals surface area contributed by atoms with Crippen molar-refractivity contribution in [1.82, 2.24) is 25.1 Å². The van der Waals surface area contributed by atoms with E-state index in [0.29, 0.717) is 43.3 Å². The van der Waals surface area contributed by atoms with E-state index < -0.39 is 4.92 Å². The first-order valence-electron chi connectivity index (χ1n) is 9.18. The molecular weight excluding hydrogens is 390 g/mol. The van der Waals surface area contributed by atoms with Crippen molar-refractivity contribution in [1.29, 1.82) is 0 Å². The van der Waals surface area contributed by atoms with Gasteiger partial charge in [0.1, 0.15) is 12.1 Å². The maximum atomic E-state index is 12.0. The van der Waals surface area contributed by atoms with Crippen molar-refractivity contribution in [2.24, 2.45) is 0 Å². The molecule has 0 saturated carbocycles. The summed E-state index contributed by atoms with van der Waals surface area (Å²) >= 11 is 0. The first-order valence-corrected chi connectivity index (χ1v) is 9.18. The molecule has 11 nitrogen and oxygen atoms in total. The molecule has 0 aliphatic carbocycles. The van der Waals surface area contributed by atoms with E-state index in [1.165, 1.54) is 24.5 Å². The Morgan fingerprint density at radius 1 is 1.27 bits per heavy atom. The standard InChI is InChI=1S/C19H21N7O4/c1-30-11-9-21-18-16-12-24-25(19(16)23-13-22-18)10-8-20-17(27)7-4-14-2-5-15(6-3-14)26(28)29/h2-7,12-13H,8-11H2,1H3,(H,20,27)(H,21,22,23)/b7-4+. The first-order chi connectivity index (χ1) is 14.6. The highest BCUT2D eigenvalue weighted by atomic mass is 16.6. The van der Waals surface area contributed by atoms with Crippen LogP contribution in [0.2, 0.25) is 0 Å². The monoisotopic (exact) mass is 411 g/mol. The number of non-ortho nitro benzene ring substituents is 1. The summed E-state index contributed by atoms with van der Waals surface area (Å²) in [4.78, 5) is 30.7. The Morgan fingerprint density at radius 2 is 2.07 bits per heavy atom. The fraction of sp³-hybridized carbons (Fsp3) is 0.263. The second-order valence-electron chi connectivity index (χ2n) is 6.22. The number of carbonyl (C=O) groups is 1. The van der Waals surface area contributed by atoms with Crippen LogP contribution in [0.1, 0.15) is 5.56 Å². The third-order valence-electron chi connectivity index (χ3n) is 4.19. The van der Waals surface area contributed by atoms with Gasteiger partial charge in [-0.3, -0.25) is 14.9 Å². The van der Waals surface area contributed by atoms with Crippen LogP contribution in [0.5, 0.6) is 0 Å². The number of amides is 1.